The van der Waals surface area contributed by atoms with E-state index in [1.54, 1.807) is 13.0 Å². The Morgan fingerprint density at radius 1 is 1.22 bits per heavy atom. The van der Waals surface area contributed by atoms with E-state index in [0.29, 0.717) is 23.8 Å². The van der Waals surface area contributed by atoms with E-state index in [4.69, 9.17) is 19.9 Å². The van der Waals surface area contributed by atoms with Crippen molar-refractivity contribution in [2.75, 3.05) is 6.79 Å². The molecule has 1 aliphatic heterocycles. The van der Waals surface area contributed by atoms with Gasteiger partial charge >= 0.3 is 0 Å². The number of hydrogen-bond acceptors (Lipinski definition) is 5. The van der Waals surface area contributed by atoms with Gasteiger partial charge in [0, 0.05) is 12.6 Å². The van der Waals surface area contributed by atoms with Crippen molar-refractivity contribution in [2.45, 2.75) is 19.5 Å². The Labute approximate surface area is 134 Å². The third-order valence-corrected chi connectivity index (χ3v) is 3.52. The molecule has 0 spiro atoms. The van der Waals surface area contributed by atoms with Gasteiger partial charge in [-0.25, -0.2) is 0 Å². The van der Waals surface area contributed by atoms with Crippen LogP contribution in [0, 0.1) is 0 Å². The van der Waals surface area contributed by atoms with Crippen molar-refractivity contribution >= 4 is 5.91 Å². The Balaban J connectivity index is 1.66. The number of hydrogen-bond donors (Lipinski definition) is 2. The van der Waals surface area contributed by atoms with Gasteiger partial charge in [0.2, 0.25) is 12.7 Å². The smallest absolute Gasteiger partial charge is 0.234 e. The second-order valence-corrected chi connectivity index (χ2v) is 5.27. The standard InChI is InChI=1S/C17H18N2O4/c1-11(17(18)20)19-9-12-3-2-4-13(7-12)23-14-5-6-15-16(8-14)22-10-21-15/h2-8,11,19H,9-10H2,1H3,(H2,18,20)/t11-/m0/s1. The second-order valence-electron chi connectivity index (χ2n) is 5.27. The minimum atomic E-state index is -0.381. The molecule has 1 heterocycles. The third kappa shape index (κ3) is 3.73. The van der Waals surface area contributed by atoms with Crippen molar-refractivity contribution in [3.05, 3.63) is 48.0 Å². The Bertz CT molecular complexity index is 717. The van der Waals surface area contributed by atoms with Gasteiger partial charge in [0.1, 0.15) is 11.5 Å². The van der Waals surface area contributed by atoms with E-state index < -0.39 is 0 Å². The Kier molecular flexibility index (Phi) is 4.34. The highest BCUT2D eigenvalue weighted by atomic mass is 16.7. The maximum Gasteiger partial charge on any atom is 0.234 e. The molecule has 1 aliphatic rings. The molecule has 0 bridgehead atoms. The number of nitrogens with one attached hydrogen (secondary N) is 1. The molecule has 0 radical (unpaired) electrons. The summed E-state index contributed by atoms with van der Waals surface area (Å²) in [5.74, 6) is 2.39. The predicted octanol–water partition coefficient (Wildman–Crippen LogP) is 2.17. The molecule has 23 heavy (non-hydrogen) atoms. The fourth-order valence-electron chi connectivity index (χ4n) is 2.17. The first-order valence-electron chi connectivity index (χ1n) is 7.31. The molecule has 0 fully saturated rings. The van der Waals surface area contributed by atoms with Gasteiger partial charge in [-0.05, 0) is 36.8 Å². The van der Waals surface area contributed by atoms with Gasteiger partial charge in [-0.2, -0.15) is 0 Å². The molecule has 0 saturated carbocycles. The summed E-state index contributed by atoms with van der Waals surface area (Å²) in [5.41, 5.74) is 6.23. The minimum absolute atomic E-state index is 0.234. The van der Waals surface area contributed by atoms with Crippen molar-refractivity contribution in [3.63, 3.8) is 0 Å². The second kappa shape index (κ2) is 6.58. The Morgan fingerprint density at radius 2 is 2.00 bits per heavy atom. The molecule has 0 aliphatic carbocycles. The number of amides is 1. The fourth-order valence-corrected chi connectivity index (χ4v) is 2.17. The number of carbonyl (C=O) groups is 1. The lowest BCUT2D eigenvalue weighted by Gasteiger charge is -2.11. The van der Waals surface area contributed by atoms with Gasteiger partial charge in [0.25, 0.3) is 0 Å². The van der Waals surface area contributed by atoms with Crippen molar-refractivity contribution in [3.8, 4) is 23.0 Å². The predicted molar refractivity (Wildman–Crippen MR) is 84.6 cm³/mol. The van der Waals surface area contributed by atoms with Crippen molar-refractivity contribution in [1.29, 1.82) is 0 Å². The summed E-state index contributed by atoms with van der Waals surface area (Å²) >= 11 is 0. The van der Waals surface area contributed by atoms with Crippen LogP contribution in [0.15, 0.2) is 42.5 Å². The SMILES string of the molecule is C[C@H](NCc1cccc(Oc2ccc3c(c2)OCO3)c1)C(N)=O. The maximum absolute atomic E-state index is 11.0. The van der Waals surface area contributed by atoms with Crippen LogP contribution in [-0.2, 0) is 11.3 Å². The van der Waals surface area contributed by atoms with E-state index in [9.17, 15) is 4.79 Å². The number of carbonyl (C=O) groups excluding carboxylic acids is 1. The molecule has 3 N–H and O–H groups in total. The lowest BCUT2D eigenvalue weighted by atomic mass is 10.2. The van der Waals surface area contributed by atoms with Gasteiger partial charge in [-0.3, -0.25) is 4.79 Å². The molecule has 2 aromatic carbocycles. The third-order valence-electron chi connectivity index (χ3n) is 3.52. The highest BCUT2D eigenvalue weighted by Crippen LogP contribution is 2.36. The normalized spacial score (nSPS) is 13.6. The lowest BCUT2D eigenvalue weighted by molar-refractivity contribution is -0.119. The zero-order valence-corrected chi connectivity index (χ0v) is 12.7. The first-order valence-corrected chi connectivity index (χ1v) is 7.31. The summed E-state index contributed by atoms with van der Waals surface area (Å²) in [4.78, 5) is 11.0. The van der Waals surface area contributed by atoms with Gasteiger partial charge in [0.15, 0.2) is 11.5 Å². The quantitative estimate of drug-likeness (QED) is 0.854. The molecule has 6 heteroatoms. The zero-order chi connectivity index (χ0) is 16.2. The summed E-state index contributed by atoms with van der Waals surface area (Å²) in [6.07, 6.45) is 0. The highest BCUT2D eigenvalue weighted by Gasteiger charge is 2.14. The van der Waals surface area contributed by atoms with E-state index in [0.717, 1.165) is 11.3 Å². The van der Waals surface area contributed by atoms with E-state index in [1.165, 1.54) is 0 Å². The molecule has 0 unspecified atom stereocenters. The van der Waals surface area contributed by atoms with Crippen molar-refractivity contribution < 1.29 is 19.0 Å². The highest BCUT2D eigenvalue weighted by molar-refractivity contribution is 5.79. The molecule has 0 saturated heterocycles. The number of fused-ring (bicyclic) bond motifs is 1. The molecular weight excluding hydrogens is 296 g/mol. The fraction of sp³-hybridized carbons (Fsp3) is 0.235. The number of benzene rings is 2. The maximum atomic E-state index is 11.0. The number of rotatable bonds is 6. The topological polar surface area (TPSA) is 82.8 Å². The summed E-state index contributed by atoms with van der Waals surface area (Å²) in [6, 6.07) is 12.7. The summed E-state index contributed by atoms with van der Waals surface area (Å²) < 4.78 is 16.4. The van der Waals surface area contributed by atoms with E-state index in [1.807, 2.05) is 36.4 Å². The summed E-state index contributed by atoms with van der Waals surface area (Å²) in [5, 5.41) is 3.06. The molecule has 0 aromatic heterocycles. The van der Waals surface area contributed by atoms with Gasteiger partial charge in [0.05, 0.1) is 6.04 Å². The van der Waals surface area contributed by atoms with E-state index in [-0.39, 0.29) is 18.7 Å². The first kappa shape index (κ1) is 15.2. The molecule has 6 nitrogen and oxygen atoms in total. The van der Waals surface area contributed by atoms with E-state index >= 15 is 0 Å². The summed E-state index contributed by atoms with van der Waals surface area (Å²) in [7, 11) is 0. The molecule has 1 atom stereocenters. The largest absolute Gasteiger partial charge is 0.457 e. The van der Waals surface area contributed by atoms with Crippen LogP contribution in [0.25, 0.3) is 0 Å². The molecule has 1 amide bonds. The van der Waals surface area contributed by atoms with Crippen molar-refractivity contribution in [1.82, 2.24) is 5.32 Å². The van der Waals surface area contributed by atoms with E-state index in [2.05, 4.69) is 5.32 Å². The van der Waals surface area contributed by atoms with Crippen LogP contribution >= 0.6 is 0 Å². The average molecular weight is 314 g/mol. The molecular formula is C17H18N2O4. The zero-order valence-electron chi connectivity index (χ0n) is 12.7. The number of nitrogens with two attached hydrogens (primary N) is 1. The Hall–Kier alpha value is -2.73. The first-order chi connectivity index (χ1) is 11.1. The van der Waals surface area contributed by atoms with Crippen LogP contribution < -0.4 is 25.3 Å². The molecule has 2 aromatic rings. The lowest BCUT2D eigenvalue weighted by Crippen LogP contribution is -2.38. The van der Waals surface area contributed by atoms with Gasteiger partial charge in [-0.15, -0.1) is 0 Å². The van der Waals surface area contributed by atoms with Crippen LogP contribution in [0.5, 0.6) is 23.0 Å². The van der Waals surface area contributed by atoms with Crippen LogP contribution in [-0.4, -0.2) is 18.7 Å². The Morgan fingerprint density at radius 3 is 2.83 bits per heavy atom. The summed E-state index contributed by atoms with van der Waals surface area (Å²) in [6.45, 7) is 2.50. The van der Waals surface area contributed by atoms with Gasteiger partial charge in [-0.1, -0.05) is 12.1 Å². The number of primary amides is 1. The van der Waals surface area contributed by atoms with Crippen LogP contribution in [0.1, 0.15) is 12.5 Å². The minimum Gasteiger partial charge on any atom is -0.457 e. The molecule has 3 rings (SSSR count). The van der Waals surface area contributed by atoms with Crippen LogP contribution in [0.2, 0.25) is 0 Å². The van der Waals surface area contributed by atoms with Crippen molar-refractivity contribution in [2.24, 2.45) is 5.73 Å². The monoisotopic (exact) mass is 314 g/mol. The molecule has 120 valence electrons. The van der Waals surface area contributed by atoms with Gasteiger partial charge < -0.3 is 25.3 Å². The average Bonchev–Trinajstić information content (AvgIpc) is 3.00. The van der Waals surface area contributed by atoms with Crippen LogP contribution in [0.4, 0.5) is 0 Å². The number of ether oxygens (including phenoxy) is 3. The van der Waals surface area contributed by atoms with Crippen LogP contribution in [0.3, 0.4) is 0 Å².